The fourth-order valence-electron chi connectivity index (χ4n) is 3.90. The predicted octanol–water partition coefficient (Wildman–Crippen LogP) is 2.74. The molecule has 0 saturated carbocycles. The largest absolute Gasteiger partial charge is 0.417 e. The van der Waals surface area contributed by atoms with Crippen LogP contribution < -0.4 is 4.90 Å². The van der Waals surface area contributed by atoms with Crippen LogP contribution in [0.15, 0.2) is 36.5 Å². The number of nitrogens with zero attached hydrogens (tertiary/aromatic N) is 4. The molecular weight excluding hydrogens is 425 g/mol. The lowest BCUT2D eigenvalue weighted by atomic mass is 10.1. The Hall–Kier alpha value is -3.43. The number of pyridine rings is 1. The Kier molecular flexibility index (Phi) is 5.62. The minimum absolute atomic E-state index is 0.00486. The number of aromatic nitrogens is 1. The second-order valence-electron chi connectivity index (χ2n) is 7.83. The maximum Gasteiger partial charge on any atom is 0.417 e. The highest BCUT2D eigenvalue weighted by Crippen LogP contribution is 2.29. The first-order chi connectivity index (χ1) is 15.1. The summed E-state index contributed by atoms with van der Waals surface area (Å²) in [5, 5.41) is 0. The molecule has 32 heavy (non-hydrogen) atoms. The number of amides is 3. The molecule has 4 rings (SSSR count). The van der Waals surface area contributed by atoms with Gasteiger partial charge < -0.3 is 9.80 Å². The van der Waals surface area contributed by atoms with Gasteiger partial charge in [0.15, 0.2) is 0 Å². The minimum Gasteiger partial charge on any atom is -0.353 e. The standard InChI is InChI=1S/C22H21F3N4O3/c1-14-2-4-16-17(12-14)21(32)29(20(16)31)7-6-19(30)28-10-8-27(9-11-28)18-5-3-15(13-26-18)22(23,24)25/h2-5,12-13H,6-11H2,1H3. The summed E-state index contributed by atoms with van der Waals surface area (Å²) in [7, 11) is 0. The van der Waals surface area contributed by atoms with Gasteiger partial charge in [-0.2, -0.15) is 13.2 Å². The summed E-state index contributed by atoms with van der Waals surface area (Å²) in [5.74, 6) is -0.542. The molecule has 0 aliphatic carbocycles. The van der Waals surface area contributed by atoms with E-state index in [1.807, 2.05) is 11.8 Å². The van der Waals surface area contributed by atoms with E-state index in [4.69, 9.17) is 0 Å². The number of carbonyl (C=O) groups is 3. The van der Waals surface area contributed by atoms with Crippen molar-refractivity contribution in [2.75, 3.05) is 37.6 Å². The van der Waals surface area contributed by atoms with Crippen molar-refractivity contribution >= 4 is 23.5 Å². The number of rotatable bonds is 4. The summed E-state index contributed by atoms with van der Waals surface area (Å²) in [6, 6.07) is 7.38. The average molecular weight is 446 g/mol. The molecule has 3 heterocycles. The van der Waals surface area contributed by atoms with Crippen molar-refractivity contribution in [1.29, 1.82) is 0 Å². The molecule has 1 saturated heterocycles. The van der Waals surface area contributed by atoms with E-state index in [2.05, 4.69) is 4.98 Å². The number of imide groups is 1. The third kappa shape index (κ3) is 4.17. The van der Waals surface area contributed by atoms with E-state index in [0.29, 0.717) is 43.1 Å². The summed E-state index contributed by atoms with van der Waals surface area (Å²) in [4.78, 5) is 46.1. The Morgan fingerprint density at radius 3 is 2.31 bits per heavy atom. The molecule has 3 amide bonds. The molecular formula is C22H21F3N4O3. The van der Waals surface area contributed by atoms with Crippen LogP contribution in [-0.4, -0.2) is 65.2 Å². The number of piperazine rings is 1. The Bertz CT molecular complexity index is 1060. The molecule has 168 valence electrons. The molecule has 1 fully saturated rings. The van der Waals surface area contributed by atoms with Crippen molar-refractivity contribution in [2.24, 2.45) is 0 Å². The number of alkyl halides is 3. The summed E-state index contributed by atoms with van der Waals surface area (Å²) >= 11 is 0. The van der Waals surface area contributed by atoms with E-state index in [1.54, 1.807) is 23.1 Å². The molecule has 7 nitrogen and oxygen atoms in total. The molecule has 0 spiro atoms. The summed E-state index contributed by atoms with van der Waals surface area (Å²) in [6.07, 6.45) is -3.62. The number of hydrogen-bond donors (Lipinski definition) is 0. The van der Waals surface area contributed by atoms with Crippen LogP contribution in [-0.2, 0) is 11.0 Å². The lowest BCUT2D eigenvalue weighted by molar-refractivity contribution is -0.138. The summed E-state index contributed by atoms with van der Waals surface area (Å²) in [6.45, 7) is 3.45. The normalized spacial score (nSPS) is 16.6. The highest BCUT2D eigenvalue weighted by Gasteiger charge is 2.36. The van der Waals surface area contributed by atoms with Crippen molar-refractivity contribution in [1.82, 2.24) is 14.8 Å². The van der Waals surface area contributed by atoms with Crippen LogP contribution in [0.3, 0.4) is 0 Å². The van der Waals surface area contributed by atoms with E-state index >= 15 is 0 Å². The monoisotopic (exact) mass is 446 g/mol. The third-order valence-electron chi connectivity index (χ3n) is 5.71. The quantitative estimate of drug-likeness (QED) is 0.676. The molecule has 0 radical (unpaired) electrons. The van der Waals surface area contributed by atoms with Crippen LogP contribution in [0, 0.1) is 6.92 Å². The van der Waals surface area contributed by atoms with Crippen molar-refractivity contribution in [3.8, 4) is 0 Å². The van der Waals surface area contributed by atoms with Crippen molar-refractivity contribution in [2.45, 2.75) is 19.5 Å². The van der Waals surface area contributed by atoms with Crippen LogP contribution in [0.2, 0.25) is 0 Å². The zero-order valence-corrected chi connectivity index (χ0v) is 17.4. The van der Waals surface area contributed by atoms with Crippen molar-refractivity contribution in [3.63, 3.8) is 0 Å². The van der Waals surface area contributed by atoms with Gasteiger partial charge in [0.1, 0.15) is 5.82 Å². The van der Waals surface area contributed by atoms with E-state index < -0.39 is 17.6 Å². The SMILES string of the molecule is Cc1ccc2c(c1)C(=O)N(CCC(=O)N1CCN(c3ccc(C(F)(F)F)cn3)CC1)C2=O. The number of hydrogen-bond acceptors (Lipinski definition) is 5. The second-order valence-corrected chi connectivity index (χ2v) is 7.83. The number of carbonyl (C=O) groups excluding carboxylic acids is 3. The van der Waals surface area contributed by atoms with Gasteiger partial charge in [0, 0.05) is 45.3 Å². The Morgan fingerprint density at radius 1 is 1.00 bits per heavy atom. The molecule has 0 bridgehead atoms. The average Bonchev–Trinajstić information content (AvgIpc) is 3.00. The fraction of sp³-hybridized carbons (Fsp3) is 0.364. The zero-order chi connectivity index (χ0) is 23.0. The van der Waals surface area contributed by atoms with Crippen LogP contribution in [0.5, 0.6) is 0 Å². The number of anilines is 1. The molecule has 0 unspecified atom stereocenters. The number of fused-ring (bicyclic) bond motifs is 1. The molecule has 2 aromatic rings. The van der Waals surface area contributed by atoms with Gasteiger partial charge in [0.2, 0.25) is 5.91 Å². The van der Waals surface area contributed by atoms with E-state index in [1.165, 1.54) is 6.07 Å². The van der Waals surface area contributed by atoms with Crippen LogP contribution in [0.4, 0.5) is 19.0 Å². The first-order valence-electron chi connectivity index (χ1n) is 10.2. The molecule has 0 atom stereocenters. The maximum atomic E-state index is 12.7. The summed E-state index contributed by atoms with van der Waals surface area (Å²) in [5.41, 5.74) is 0.785. The Balaban J connectivity index is 1.30. The fourth-order valence-corrected chi connectivity index (χ4v) is 3.90. The summed E-state index contributed by atoms with van der Waals surface area (Å²) < 4.78 is 38.1. The molecule has 1 aromatic heterocycles. The predicted molar refractivity (Wildman–Crippen MR) is 109 cm³/mol. The van der Waals surface area contributed by atoms with Gasteiger partial charge in [0.05, 0.1) is 16.7 Å². The Labute approximate surface area is 182 Å². The van der Waals surface area contributed by atoms with E-state index in [9.17, 15) is 27.6 Å². The maximum absolute atomic E-state index is 12.7. The number of aryl methyl sites for hydroxylation is 1. The number of halogens is 3. The van der Waals surface area contributed by atoms with Gasteiger partial charge >= 0.3 is 6.18 Å². The highest BCUT2D eigenvalue weighted by molar-refractivity contribution is 6.21. The zero-order valence-electron chi connectivity index (χ0n) is 17.4. The first-order valence-corrected chi connectivity index (χ1v) is 10.2. The van der Waals surface area contributed by atoms with E-state index in [-0.39, 0.29) is 24.8 Å². The molecule has 0 N–H and O–H groups in total. The van der Waals surface area contributed by atoms with Gasteiger partial charge in [-0.25, -0.2) is 4.98 Å². The number of benzene rings is 1. The molecule has 2 aliphatic heterocycles. The lowest BCUT2D eigenvalue weighted by Gasteiger charge is -2.35. The first kappa shape index (κ1) is 21.8. The molecule has 1 aromatic carbocycles. The van der Waals surface area contributed by atoms with Gasteiger partial charge in [-0.15, -0.1) is 0 Å². The lowest BCUT2D eigenvalue weighted by Crippen LogP contribution is -2.49. The van der Waals surface area contributed by atoms with Gasteiger partial charge in [-0.1, -0.05) is 11.6 Å². The van der Waals surface area contributed by atoms with Crippen LogP contribution in [0.25, 0.3) is 0 Å². The van der Waals surface area contributed by atoms with Crippen molar-refractivity contribution in [3.05, 3.63) is 58.8 Å². The second kappa shape index (κ2) is 8.25. The van der Waals surface area contributed by atoms with Gasteiger partial charge in [-0.3, -0.25) is 19.3 Å². The smallest absolute Gasteiger partial charge is 0.353 e. The molecule has 10 heteroatoms. The third-order valence-corrected chi connectivity index (χ3v) is 5.71. The van der Waals surface area contributed by atoms with Crippen LogP contribution >= 0.6 is 0 Å². The Morgan fingerprint density at radius 2 is 1.69 bits per heavy atom. The molecule has 2 aliphatic rings. The van der Waals surface area contributed by atoms with Gasteiger partial charge in [0.25, 0.3) is 11.8 Å². The minimum atomic E-state index is -4.44. The van der Waals surface area contributed by atoms with E-state index in [0.717, 1.165) is 22.7 Å². The van der Waals surface area contributed by atoms with Gasteiger partial charge in [-0.05, 0) is 31.2 Å². The highest BCUT2D eigenvalue weighted by atomic mass is 19.4. The topological polar surface area (TPSA) is 73.8 Å². The van der Waals surface area contributed by atoms with Crippen LogP contribution in [0.1, 0.15) is 38.3 Å². The van der Waals surface area contributed by atoms with Crippen molar-refractivity contribution < 1.29 is 27.6 Å².